The summed E-state index contributed by atoms with van der Waals surface area (Å²) in [6.07, 6.45) is 0.342. The first kappa shape index (κ1) is 19.2. The third-order valence-corrected chi connectivity index (χ3v) is 5.39. The van der Waals surface area contributed by atoms with Gasteiger partial charge in [0.05, 0.1) is 24.7 Å². The molecule has 0 radical (unpaired) electrons. The number of carbonyl (C=O) groups excluding carboxylic acids is 1. The predicted molar refractivity (Wildman–Crippen MR) is 107 cm³/mol. The minimum absolute atomic E-state index is 0.0558. The lowest BCUT2D eigenvalue weighted by atomic mass is 9.97. The first-order valence-corrected chi connectivity index (χ1v) is 9.74. The number of fused-ring (bicyclic) bond motifs is 1. The lowest BCUT2D eigenvalue weighted by molar-refractivity contribution is 0.0395. The van der Waals surface area contributed by atoms with E-state index in [-0.39, 0.29) is 23.9 Å². The molecular formula is C22H24FN3O3. The minimum Gasteiger partial charge on any atom is -0.461 e. The Morgan fingerprint density at radius 1 is 1.21 bits per heavy atom. The van der Waals surface area contributed by atoms with Crippen molar-refractivity contribution in [1.82, 2.24) is 14.5 Å². The van der Waals surface area contributed by atoms with Gasteiger partial charge in [0.2, 0.25) is 0 Å². The zero-order valence-corrected chi connectivity index (χ0v) is 16.5. The van der Waals surface area contributed by atoms with Crippen molar-refractivity contribution in [3.63, 3.8) is 0 Å². The van der Waals surface area contributed by atoms with Gasteiger partial charge in [-0.3, -0.25) is 4.57 Å². The van der Waals surface area contributed by atoms with Crippen molar-refractivity contribution in [3.8, 4) is 6.01 Å². The first-order chi connectivity index (χ1) is 14.0. The highest BCUT2D eigenvalue weighted by atomic mass is 19.1. The van der Waals surface area contributed by atoms with E-state index in [1.807, 2.05) is 28.8 Å². The monoisotopic (exact) mass is 397 g/mol. The summed E-state index contributed by atoms with van der Waals surface area (Å²) in [7, 11) is 1.40. The summed E-state index contributed by atoms with van der Waals surface area (Å²) in [5, 5.41) is 0. The van der Waals surface area contributed by atoms with E-state index in [9.17, 15) is 9.18 Å². The topological polar surface area (TPSA) is 56.6 Å². The molecule has 2 aromatic carbocycles. The molecule has 0 N–H and O–H groups in total. The molecule has 3 aromatic rings. The third kappa shape index (κ3) is 4.04. The molecule has 1 aliphatic rings. The summed E-state index contributed by atoms with van der Waals surface area (Å²) in [4.78, 5) is 18.2. The number of benzene rings is 2. The highest BCUT2D eigenvalue weighted by molar-refractivity contribution is 5.76. The van der Waals surface area contributed by atoms with E-state index < -0.39 is 0 Å². The Labute approximate surface area is 168 Å². The van der Waals surface area contributed by atoms with Crippen LogP contribution in [-0.4, -0.2) is 46.8 Å². The molecule has 29 heavy (non-hydrogen) atoms. The molecule has 7 heteroatoms. The number of nitrogens with zero attached hydrogens (tertiary/aromatic N) is 3. The third-order valence-electron chi connectivity index (χ3n) is 5.39. The van der Waals surface area contributed by atoms with Gasteiger partial charge in [-0.2, -0.15) is 4.98 Å². The maximum Gasteiger partial charge on any atom is 0.409 e. The molecule has 2 heterocycles. The summed E-state index contributed by atoms with van der Waals surface area (Å²) < 4.78 is 26.5. The molecule has 1 saturated heterocycles. The normalized spacial score (nSPS) is 19.3. The van der Waals surface area contributed by atoms with E-state index in [0.717, 1.165) is 16.6 Å². The number of hydrogen-bond donors (Lipinski definition) is 0. The Hall–Kier alpha value is -3.09. The molecule has 152 valence electrons. The van der Waals surface area contributed by atoms with Crippen LogP contribution in [-0.2, 0) is 11.3 Å². The Balaban J connectivity index is 1.59. The van der Waals surface area contributed by atoms with Gasteiger partial charge in [0.1, 0.15) is 11.9 Å². The number of aromatic nitrogens is 2. The summed E-state index contributed by atoms with van der Waals surface area (Å²) in [5.41, 5.74) is 2.78. The summed E-state index contributed by atoms with van der Waals surface area (Å²) >= 11 is 0. The van der Waals surface area contributed by atoms with Crippen LogP contribution in [0.25, 0.3) is 11.0 Å². The van der Waals surface area contributed by atoms with Crippen molar-refractivity contribution in [3.05, 3.63) is 59.9 Å². The molecule has 6 nitrogen and oxygen atoms in total. The molecule has 0 bridgehead atoms. The maximum absolute atomic E-state index is 13.3. The number of piperidine rings is 1. The van der Waals surface area contributed by atoms with Crippen LogP contribution in [0.3, 0.4) is 0 Å². The van der Waals surface area contributed by atoms with Crippen molar-refractivity contribution in [2.75, 3.05) is 20.2 Å². The molecule has 1 fully saturated rings. The smallest absolute Gasteiger partial charge is 0.409 e. The number of likely N-dealkylation sites (tertiary alicyclic amines) is 1. The van der Waals surface area contributed by atoms with Gasteiger partial charge >= 0.3 is 6.09 Å². The summed E-state index contributed by atoms with van der Waals surface area (Å²) in [6, 6.07) is 14.9. The van der Waals surface area contributed by atoms with Crippen molar-refractivity contribution in [1.29, 1.82) is 0 Å². The van der Waals surface area contributed by atoms with Gasteiger partial charge in [-0.15, -0.1) is 0 Å². The Bertz CT molecular complexity index is 1000. The van der Waals surface area contributed by atoms with Gasteiger partial charge < -0.3 is 14.4 Å². The van der Waals surface area contributed by atoms with Gasteiger partial charge in [0, 0.05) is 25.4 Å². The van der Waals surface area contributed by atoms with Crippen LogP contribution in [0.5, 0.6) is 6.01 Å². The van der Waals surface area contributed by atoms with Crippen LogP contribution in [0.4, 0.5) is 9.18 Å². The standard InChI is InChI=1S/C22H24FN3O3/c1-15-13-25(22(27)28-2)12-11-20(15)29-21-24-18-5-3-4-6-19(18)26(21)14-16-7-9-17(23)10-8-16/h3-10,15,20H,11-14H2,1-2H3. The number of amides is 1. The van der Waals surface area contributed by atoms with E-state index in [1.165, 1.54) is 19.2 Å². The zero-order chi connectivity index (χ0) is 20.4. The van der Waals surface area contributed by atoms with Crippen LogP contribution >= 0.6 is 0 Å². The lowest BCUT2D eigenvalue weighted by Crippen LogP contribution is -2.47. The average Bonchev–Trinajstić information content (AvgIpc) is 3.07. The fraction of sp³-hybridized carbons (Fsp3) is 0.364. The summed E-state index contributed by atoms with van der Waals surface area (Å²) in [6.45, 7) is 3.76. The average molecular weight is 397 g/mol. The second-order valence-corrected chi connectivity index (χ2v) is 7.43. The van der Waals surface area contributed by atoms with Crippen LogP contribution in [0.15, 0.2) is 48.5 Å². The first-order valence-electron chi connectivity index (χ1n) is 9.74. The molecule has 1 aromatic heterocycles. The fourth-order valence-corrected chi connectivity index (χ4v) is 3.80. The van der Waals surface area contributed by atoms with Gasteiger partial charge in [-0.05, 0) is 29.8 Å². The second-order valence-electron chi connectivity index (χ2n) is 7.43. The zero-order valence-electron chi connectivity index (χ0n) is 16.5. The van der Waals surface area contributed by atoms with Crippen molar-refractivity contribution < 1.29 is 18.7 Å². The largest absolute Gasteiger partial charge is 0.461 e. The van der Waals surface area contributed by atoms with Crippen LogP contribution in [0.1, 0.15) is 18.9 Å². The van der Waals surface area contributed by atoms with E-state index in [2.05, 4.69) is 11.9 Å². The van der Waals surface area contributed by atoms with E-state index in [4.69, 9.17) is 9.47 Å². The van der Waals surface area contributed by atoms with Gasteiger partial charge in [0.25, 0.3) is 6.01 Å². The number of carbonyl (C=O) groups is 1. The van der Waals surface area contributed by atoms with Crippen molar-refractivity contribution in [2.45, 2.75) is 26.0 Å². The molecule has 2 unspecified atom stereocenters. The Kier molecular flexibility index (Phi) is 5.38. The SMILES string of the molecule is COC(=O)N1CCC(Oc2nc3ccccc3n2Cc2ccc(F)cc2)C(C)C1. The number of halogens is 1. The number of hydrogen-bond acceptors (Lipinski definition) is 4. The number of imidazole rings is 1. The minimum atomic E-state index is -0.307. The quantitative estimate of drug-likeness (QED) is 0.666. The molecular weight excluding hydrogens is 373 g/mol. The molecule has 0 spiro atoms. The molecule has 1 aliphatic heterocycles. The highest BCUT2D eigenvalue weighted by Gasteiger charge is 2.31. The van der Waals surface area contributed by atoms with Gasteiger partial charge in [0.15, 0.2) is 0 Å². The van der Waals surface area contributed by atoms with Crippen LogP contribution in [0.2, 0.25) is 0 Å². The molecule has 0 aliphatic carbocycles. The maximum atomic E-state index is 13.3. The van der Waals surface area contributed by atoms with E-state index in [1.54, 1.807) is 17.0 Å². The van der Waals surface area contributed by atoms with Gasteiger partial charge in [-0.25, -0.2) is 9.18 Å². The molecule has 1 amide bonds. The van der Waals surface area contributed by atoms with Gasteiger partial charge in [-0.1, -0.05) is 31.2 Å². The number of rotatable bonds is 4. The lowest BCUT2D eigenvalue weighted by Gasteiger charge is -2.35. The van der Waals surface area contributed by atoms with Crippen LogP contribution < -0.4 is 4.74 Å². The van der Waals surface area contributed by atoms with Crippen LogP contribution in [0, 0.1) is 11.7 Å². The van der Waals surface area contributed by atoms with Crippen molar-refractivity contribution in [2.24, 2.45) is 5.92 Å². The predicted octanol–water partition coefficient (Wildman–Crippen LogP) is 4.08. The molecule has 4 rings (SSSR count). The number of methoxy groups -OCH3 is 1. The highest BCUT2D eigenvalue weighted by Crippen LogP contribution is 2.27. The van der Waals surface area contributed by atoms with E-state index >= 15 is 0 Å². The van der Waals surface area contributed by atoms with E-state index in [0.29, 0.717) is 32.1 Å². The number of para-hydroxylation sites is 2. The molecule has 0 saturated carbocycles. The summed E-state index contributed by atoms with van der Waals surface area (Å²) in [5.74, 6) is -0.117. The Morgan fingerprint density at radius 2 is 1.97 bits per heavy atom. The molecule has 2 atom stereocenters. The fourth-order valence-electron chi connectivity index (χ4n) is 3.80. The Morgan fingerprint density at radius 3 is 2.69 bits per heavy atom. The van der Waals surface area contributed by atoms with Crippen molar-refractivity contribution >= 4 is 17.1 Å². The second kappa shape index (κ2) is 8.11. The number of ether oxygens (including phenoxy) is 2.